The van der Waals surface area contributed by atoms with Crippen molar-refractivity contribution >= 4 is 17.2 Å². The number of aryl methyl sites for hydroxylation is 1. The molecule has 8 heteroatoms. The van der Waals surface area contributed by atoms with E-state index in [-0.39, 0.29) is 24.4 Å². The zero-order valence-corrected chi connectivity index (χ0v) is 17.4. The smallest absolute Gasteiger partial charge is 0.263 e. The van der Waals surface area contributed by atoms with Gasteiger partial charge in [-0.2, -0.15) is 0 Å². The predicted molar refractivity (Wildman–Crippen MR) is 111 cm³/mol. The fourth-order valence-corrected chi connectivity index (χ4v) is 3.96. The summed E-state index contributed by atoms with van der Waals surface area (Å²) in [5.41, 5.74) is 1.57. The van der Waals surface area contributed by atoms with Crippen molar-refractivity contribution in [3.63, 3.8) is 0 Å². The van der Waals surface area contributed by atoms with Crippen LogP contribution in [-0.2, 0) is 6.61 Å². The zero-order chi connectivity index (χ0) is 21.1. The summed E-state index contributed by atoms with van der Waals surface area (Å²) < 4.78 is 29.8. The number of hydrogen-bond acceptors (Lipinski definition) is 6. The molecule has 1 amide bonds. The fraction of sp³-hybridized carbons (Fsp3) is 0.273. The predicted octanol–water partition coefficient (Wildman–Crippen LogP) is 4.43. The highest BCUT2D eigenvalue weighted by molar-refractivity contribution is 7.13. The highest BCUT2D eigenvalue weighted by Crippen LogP contribution is 2.32. The summed E-state index contributed by atoms with van der Waals surface area (Å²) in [4.78, 5) is 17.7. The molecule has 0 saturated carbocycles. The maximum Gasteiger partial charge on any atom is 0.263 e. The van der Waals surface area contributed by atoms with E-state index in [0.29, 0.717) is 46.0 Å². The van der Waals surface area contributed by atoms with Crippen LogP contribution in [-0.4, -0.2) is 24.1 Å². The van der Waals surface area contributed by atoms with Crippen molar-refractivity contribution in [2.24, 2.45) is 0 Å². The lowest BCUT2D eigenvalue weighted by molar-refractivity contribution is 0.0943. The van der Waals surface area contributed by atoms with E-state index in [9.17, 15) is 9.18 Å². The first-order valence-corrected chi connectivity index (χ1v) is 10.4. The van der Waals surface area contributed by atoms with Gasteiger partial charge < -0.3 is 19.5 Å². The Morgan fingerprint density at radius 3 is 2.70 bits per heavy atom. The molecular formula is C22H21FN2O4S. The molecule has 2 aromatic carbocycles. The summed E-state index contributed by atoms with van der Waals surface area (Å²) in [6.45, 7) is 4.97. The van der Waals surface area contributed by atoms with Crippen molar-refractivity contribution in [3.05, 3.63) is 69.4 Å². The molecular weight excluding hydrogens is 407 g/mol. The van der Waals surface area contributed by atoms with Crippen molar-refractivity contribution in [2.75, 3.05) is 13.2 Å². The topological polar surface area (TPSA) is 69.7 Å². The first-order chi connectivity index (χ1) is 14.5. The van der Waals surface area contributed by atoms with Crippen LogP contribution in [0.5, 0.6) is 17.2 Å². The van der Waals surface area contributed by atoms with Gasteiger partial charge >= 0.3 is 0 Å². The Balaban J connectivity index is 1.40. The van der Waals surface area contributed by atoms with E-state index < -0.39 is 0 Å². The average molecular weight is 428 g/mol. The Bertz CT molecular complexity index is 1050. The molecule has 4 rings (SSSR count). The number of nitrogens with one attached hydrogen (secondary N) is 1. The van der Waals surface area contributed by atoms with E-state index in [1.54, 1.807) is 19.1 Å². The van der Waals surface area contributed by atoms with Gasteiger partial charge in [0, 0.05) is 0 Å². The third kappa shape index (κ3) is 4.54. The highest BCUT2D eigenvalue weighted by atomic mass is 32.1. The lowest BCUT2D eigenvalue weighted by Gasteiger charge is -2.21. The summed E-state index contributed by atoms with van der Waals surface area (Å²) in [5, 5.41) is 3.68. The molecule has 2 heterocycles. The quantitative estimate of drug-likeness (QED) is 0.629. The van der Waals surface area contributed by atoms with Crippen molar-refractivity contribution in [3.8, 4) is 17.2 Å². The van der Waals surface area contributed by atoms with Gasteiger partial charge in [0.05, 0.1) is 11.7 Å². The monoisotopic (exact) mass is 428 g/mol. The van der Waals surface area contributed by atoms with Crippen LogP contribution < -0.4 is 19.5 Å². The van der Waals surface area contributed by atoms with Crippen LogP contribution >= 0.6 is 11.3 Å². The Labute approximate surface area is 177 Å². The average Bonchev–Trinajstić information content (AvgIpc) is 3.13. The summed E-state index contributed by atoms with van der Waals surface area (Å²) >= 11 is 1.28. The molecule has 1 aromatic heterocycles. The van der Waals surface area contributed by atoms with Crippen molar-refractivity contribution in [1.29, 1.82) is 0 Å². The number of thiazole rings is 1. The van der Waals surface area contributed by atoms with E-state index in [0.717, 1.165) is 5.56 Å². The standard InChI is InChI=1S/C22H21FN2O4S/c1-13(15-3-8-18-19(11-15)28-10-9-27-18)25-22(26)21-14(2)24-20(30-21)12-29-17-6-4-16(23)5-7-17/h3-8,11,13H,9-10,12H2,1-2H3,(H,25,26). The molecule has 1 atom stereocenters. The minimum atomic E-state index is -0.321. The van der Waals surface area contributed by atoms with Crippen LogP contribution in [0, 0.1) is 12.7 Å². The maximum absolute atomic E-state index is 13.0. The third-order valence-electron chi connectivity index (χ3n) is 4.64. The minimum absolute atomic E-state index is 0.194. The Morgan fingerprint density at radius 1 is 1.20 bits per heavy atom. The number of amides is 1. The number of nitrogens with zero attached hydrogens (tertiary/aromatic N) is 1. The maximum atomic E-state index is 13.0. The Hall–Kier alpha value is -3.13. The lowest BCUT2D eigenvalue weighted by Crippen LogP contribution is -2.26. The second-order valence-electron chi connectivity index (χ2n) is 6.86. The van der Waals surface area contributed by atoms with Crippen molar-refractivity contribution < 1.29 is 23.4 Å². The zero-order valence-electron chi connectivity index (χ0n) is 16.6. The molecule has 0 bridgehead atoms. The molecule has 3 aromatic rings. The van der Waals surface area contributed by atoms with E-state index >= 15 is 0 Å². The second kappa shape index (κ2) is 8.71. The van der Waals surface area contributed by atoms with Crippen molar-refractivity contribution in [1.82, 2.24) is 10.3 Å². The molecule has 1 unspecified atom stereocenters. The minimum Gasteiger partial charge on any atom is -0.486 e. The normalized spacial score (nSPS) is 13.6. The van der Waals surface area contributed by atoms with E-state index in [1.807, 2.05) is 25.1 Å². The van der Waals surface area contributed by atoms with Crippen molar-refractivity contribution in [2.45, 2.75) is 26.5 Å². The van der Waals surface area contributed by atoms with Gasteiger partial charge in [0.25, 0.3) is 5.91 Å². The largest absolute Gasteiger partial charge is 0.486 e. The van der Waals surface area contributed by atoms with E-state index in [4.69, 9.17) is 14.2 Å². The number of ether oxygens (including phenoxy) is 3. The van der Waals surface area contributed by atoms with E-state index in [2.05, 4.69) is 10.3 Å². The lowest BCUT2D eigenvalue weighted by atomic mass is 10.1. The molecule has 1 aliphatic heterocycles. The van der Waals surface area contributed by atoms with Crippen LogP contribution in [0.1, 0.15) is 38.9 Å². The van der Waals surface area contributed by atoms with Crippen LogP contribution in [0.15, 0.2) is 42.5 Å². The number of hydrogen-bond donors (Lipinski definition) is 1. The van der Waals surface area contributed by atoms with Crippen LogP contribution in [0.2, 0.25) is 0 Å². The second-order valence-corrected chi connectivity index (χ2v) is 7.95. The molecule has 0 fully saturated rings. The van der Waals surface area contributed by atoms with Gasteiger partial charge in [-0.25, -0.2) is 9.37 Å². The molecule has 0 saturated heterocycles. The molecule has 156 valence electrons. The number of aromatic nitrogens is 1. The first kappa shape index (κ1) is 20.2. The molecule has 1 aliphatic rings. The first-order valence-electron chi connectivity index (χ1n) is 9.54. The number of benzene rings is 2. The fourth-order valence-electron chi connectivity index (χ4n) is 3.08. The molecule has 0 radical (unpaired) electrons. The number of carbonyl (C=O) groups excluding carboxylic acids is 1. The summed E-state index contributed by atoms with van der Waals surface area (Å²) in [6, 6.07) is 11.2. The van der Waals surface area contributed by atoms with Gasteiger partial charge in [-0.15, -0.1) is 11.3 Å². The van der Waals surface area contributed by atoms with E-state index in [1.165, 1.54) is 23.5 Å². The SMILES string of the molecule is Cc1nc(COc2ccc(F)cc2)sc1C(=O)NC(C)c1ccc2c(c1)OCCO2. The van der Waals surface area contributed by atoms with Gasteiger partial charge in [0.15, 0.2) is 11.5 Å². The molecule has 30 heavy (non-hydrogen) atoms. The number of carbonyl (C=O) groups is 1. The van der Waals surface area contributed by atoms with Gasteiger partial charge in [-0.05, 0) is 55.8 Å². The highest BCUT2D eigenvalue weighted by Gasteiger charge is 2.20. The molecule has 0 aliphatic carbocycles. The molecule has 1 N–H and O–H groups in total. The molecule has 0 spiro atoms. The van der Waals surface area contributed by atoms with Crippen LogP contribution in [0.25, 0.3) is 0 Å². The third-order valence-corrected chi connectivity index (χ3v) is 5.77. The summed E-state index contributed by atoms with van der Waals surface area (Å²) in [6.07, 6.45) is 0. The summed E-state index contributed by atoms with van der Waals surface area (Å²) in [7, 11) is 0. The molecule has 6 nitrogen and oxygen atoms in total. The van der Waals surface area contributed by atoms with Crippen LogP contribution in [0.4, 0.5) is 4.39 Å². The van der Waals surface area contributed by atoms with Gasteiger partial charge in [0.1, 0.15) is 41.3 Å². The number of rotatable bonds is 6. The van der Waals surface area contributed by atoms with Crippen LogP contribution in [0.3, 0.4) is 0 Å². The Kier molecular flexibility index (Phi) is 5.85. The van der Waals surface area contributed by atoms with Gasteiger partial charge in [0.2, 0.25) is 0 Å². The van der Waals surface area contributed by atoms with Gasteiger partial charge in [-0.1, -0.05) is 6.07 Å². The van der Waals surface area contributed by atoms with Gasteiger partial charge in [-0.3, -0.25) is 4.79 Å². The number of halogens is 1. The number of fused-ring (bicyclic) bond motifs is 1. The summed E-state index contributed by atoms with van der Waals surface area (Å²) in [5.74, 6) is 1.43. The Morgan fingerprint density at radius 2 is 1.93 bits per heavy atom.